The van der Waals surface area contributed by atoms with E-state index in [9.17, 15) is 5.11 Å². The van der Waals surface area contributed by atoms with Crippen molar-refractivity contribution in [3.05, 3.63) is 23.3 Å². The number of phenolic OH excluding ortho intramolecular Hbond substituents is 1. The van der Waals surface area contributed by atoms with E-state index >= 15 is 0 Å². The Morgan fingerprint density at radius 1 is 1.29 bits per heavy atom. The molecule has 0 atom stereocenters. The number of likely N-dealkylation sites (N-methyl/N-ethyl adjacent to an activating group) is 1. The third-order valence-corrected chi connectivity index (χ3v) is 2.75. The van der Waals surface area contributed by atoms with Crippen LogP contribution in [0.4, 0.5) is 0 Å². The molecule has 17 heavy (non-hydrogen) atoms. The fourth-order valence-electron chi connectivity index (χ4n) is 1.60. The molecule has 1 aromatic carbocycles. The molecular formula is C14H23NO2. The van der Waals surface area contributed by atoms with E-state index in [4.69, 9.17) is 4.74 Å². The number of aryl methyl sites for hydroxylation is 1. The van der Waals surface area contributed by atoms with Gasteiger partial charge in [-0.25, -0.2) is 0 Å². The average molecular weight is 237 g/mol. The Hall–Kier alpha value is -1.22. The van der Waals surface area contributed by atoms with E-state index in [1.165, 1.54) is 0 Å². The zero-order chi connectivity index (χ0) is 13.0. The van der Waals surface area contributed by atoms with E-state index in [-0.39, 0.29) is 0 Å². The highest BCUT2D eigenvalue weighted by molar-refractivity contribution is 5.46. The first kappa shape index (κ1) is 13.8. The molecule has 0 aliphatic heterocycles. The zero-order valence-electron chi connectivity index (χ0n) is 11.4. The molecule has 0 radical (unpaired) electrons. The molecule has 0 bridgehead atoms. The van der Waals surface area contributed by atoms with Gasteiger partial charge in [0.05, 0.1) is 0 Å². The predicted molar refractivity (Wildman–Crippen MR) is 71.0 cm³/mol. The van der Waals surface area contributed by atoms with Crippen molar-refractivity contribution in [1.29, 1.82) is 0 Å². The molecule has 0 amide bonds. The minimum atomic E-state index is 0.341. The highest BCUT2D eigenvalue weighted by atomic mass is 16.5. The number of rotatable bonds is 5. The van der Waals surface area contributed by atoms with Gasteiger partial charge in [0, 0.05) is 12.1 Å². The molecule has 3 heteroatoms. The first-order valence-electron chi connectivity index (χ1n) is 6.03. The molecular weight excluding hydrogens is 214 g/mol. The number of aromatic hydroxyl groups is 1. The summed E-state index contributed by atoms with van der Waals surface area (Å²) in [4.78, 5) is 2.09. The van der Waals surface area contributed by atoms with Crippen molar-refractivity contribution in [1.82, 2.24) is 4.90 Å². The lowest BCUT2D eigenvalue weighted by Crippen LogP contribution is -2.19. The van der Waals surface area contributed by atoms with Gasteiger partial charge in [0.25, 0.3) is 0 Å². The second kappa shape index (κ2) is 5.92. The highest BCUT2D eigenvalue weighted by Crippen LogP contribution is 2.32. The maximum atomic E-state index is 9.72. The predicted octanol–water partition coefficient (Wildman–Crippen LogP) is 2.76. The van der Waals surface area contributed by atoms with Crippen LogP contribution >= 0.6 is 0 Å². The highest BCUT2D eigenvalue weighted by Gasteiger charge is 2.11. The molecule has 0 saturated heterocycles. The Morgan fingerprint density at radius 2 is 1.94 bits per heavy atom. The van der Waals surface area contributed by atoms with Crippen LogP contribution in [0.3, 0.4) is 0 Å². The van der Waals surface area contributed by atoms with Gasteiger partial charge in [-0.1, -0.05) is 13.8 Å². The van der Waals surface area contributed by atoms with E-state index in [2.05, 4.69) is 18.7 Å². The second-order valence-electron chi connectivity index (χ2n) is 4.98. The molecule has 0 heterocycles. The monoisotopic (exact) mass is 237 g/mol. The van der Waals surface area contributed by atoms with Crippen LogP contribution in [-0.2, 0) is 0 Å². The van der Waals surface area contributed by atoms with Crippen LogP contribution in [0.1, 0.15) is 30.9 Å². The van der Waals surface area contributed by atoms with Crippen LogP contribution in [0.2, 0.25) is 0 Å². The standard InChI is InChI=1S/C14H23NO2/c1-10(2)12-9-13(16)11(3)8-14(12)17-7-6-15(4)5/h8-10,16H,6-7H2,1-5H3. The number of hydrogen-bond acceptors (Lipinski definition) is 3. The van der Waals surface area contributed by atoms with Gasteiger partial charge in [-0.2, -0.15) is 0 Å². The molecule has 1 aromatic rings. The van der Waals surface area contributed by atoms with Crippen molar-refractivity contribution in [3.8, 4) is 11.5 Å². The Morgan fingerprint density at radius 3 is 2.47 bits per heavy atom. The van der Waals surface area contributed by atoms with Crippen molar-refractivity contribution in [2.75, 3.05) is 27.2 Å². The molecule has 1 N–H and O–H groups in total. The Kier molecular flexibility index (Phi) is 4.82. The summed E-state index contributed by atoms with van der Waals surface area (Å²) in [5, 5.41) is 9.72. The number of nitrogens with zero attached hydrogens (tertiary/aromatic N) is 1. The van der Waals surface area contributed by atoms with Crippen molar-refractivity contribution >= 4 is 0 Å². The summed E-state index contributed by atoms with van der Waals surface area (Å²) in [5.41, 5.74) is 1.92. The van der Waals surface area contributed by atoms with Crippen LogP contribution < -0.4 is 4.74 Å². The van der Waals surface area contributed by atoms with Gasteiger partial charge >= 0.3 is 0 Å². The van der Waals surface area contributed by atoms with Crippen LogP contribution in [0.5, 0.6) is 11.5 Å². The maximum absolute atomic E-state index is 9.72. The van der Waals surface area contributed by atoms with E-state index in [1.54, 1.807) is 0 Å². The van der Waals surface area contributed by atoms with E-state index in [1.807, 2.05) is 33.2 Å². The summed E-state index contributed by atoms with van der Waals surface area (Å²) in [6.07, 6.45) is 0. The van der Waals surface area contributed by atoms with Crippen LogP contribution in [0, 0.1) is 6.92 Å². The third-order valence-electron chi connectivity index (χ3n) is 2.75. The summed E-state index contributed by atoms with van der Waals surface area (Å²) in [5.74, 6) is 1.57. The van der Waals surface area contributed by atoms with Crippen molar-refractivity contribution in [2.45, 2.75) is 26.7 Å². The van der Waals surface area contributed by atoms with Crippen LogP contribution in [0.15, 0.2) is 12.1 Å². The van der Waals surface area contributed by atoms with Crippen molar-refractivity contribution in [3.63, 3.8) is 0 Å². The van der Waals surface area contributed by atoms with Gasteiger partial charge in [0.15, 0.2) is 0 Å². The van der Waals surface area contributed by atoms with Gasteiger partial charge < -0.3 is 14.7 Å². The third kappa shape index (κ3) is 3.93. The Labute approximate surface area is 104 Å². The normalized spacial score (nSPS) is 11.2. The van der Waals surface area contributed by atoms with Crippen LogP contribution in [0.25, 0.3) is 0 Å². The smallest absolute Gasteiger partial charge is 0.123 e. The molecule has 0 aliphatic rings. The lowest BCUT2D eigenvalue weighted by atomic mass is 10.00. The van der Waals surface area contributed by atoms with E-state index in [0.29, 0.717) is 18.3 Å². The second-order valence-corrected chi connectivity index (χ2v) is 4.98. The molecule has 0 aromatic heterocycles. The summed E-state index contributed by atoms with van der Waals surface area (Å²) in [6, 6.07) is 3.73. The fourth-order valence-corrected chi connectivity index (χ4v) is 1.60. The topological polar surface area (TPSA) is 32.7 Å². The average Bonchev–Trinajstić information content (AvgIpc) is 2.22. The summed E-state index contributed by atoms with van der Waals surface area (Å²) >= 11 is 0. The van der Waals surface area contributed by atoms with Gasteiger partial charge in [-0.3, -0.25) is 0 Å². The SMILES string of the molecule is Cc1cc(OCCN(C)C)c(C(C)C)cc1O. The van der Waals surface area contributed by atoms with Gasteiger partial charge in [0.2, 0.25) is 0 Å². The molecule has 1 rings (SSSR count). The lowest BCUT2D eigenvalue weighted by molar-refractivity contribution is 0.258. The zero-order valence-corrected chi connectivity index (χ0v) is 11.4. The minimum absolute atomic E-state index is 0.341. The van der Waals surface area contributed by atoms with Crippen molar-refractivity contribution < 1.29 is 9.84 Å². The van der Waals surface area contributed by atoms with Crippen LogP contribution in [-0.4, -0.2) is 37.3 Å². The largest absolute Gasteiger partial charge is 0.508 e. The number of hydrogen-bond donors (Lipinski definition) is 1. The fraction of sp³-hybridized carbons (Fsp3) is 0.571. The molecule has 96 valence electrons. The number of benzene rings is 1. The number of phenols is 1. The summed E-state index contributed by atoms with van der Waals surface area (Å²) in [6.45, 7) is 7.64. The molecule has 0 unspecified atom stereocenters. The van der Waals surface area contributed by atoms with Gasteiger partial charge in [-0.05, 0) is 44.6 Å². The van der Waals surface area contributed by atoms with E-state index in [0.717, 1.165) is 23.4 Å². The molecule has 0 fully saturated rings. The molecule has 0 spiro atoms. The molecule has 0 saturated carbocycles. The minimum Gasteiger partial charge on any atom is -0.508 e. The van der Waals surface area contributed by atoms with Gasteiger partial charge in [-0.15, -0.1) is 0 Å². The quantitative estimate of drug-likeness (QED) is 0.854. The summed E-state index contributed by atoms with van der Waals surface area (Å²) in [7, 11) is 4.05. The number of ether oxygens (including phenoxy) is 1. The maximum Gasteiger partial charge on any atom is 0.123 e. The first-order valence-corrected chi connectivity index (χ1v) is 6.03. The van der Waals surface area contributed by atoms with Gasteiger partial charge in [0.1, 0.15) is 18.1 Å². The van der Waals surface area contributed by atoms with E-state index < -0.39 is 0 Å². The first-order chi connectivity index (χ1) is 7.91. The Balaban J connectivity index is 2.85. The summed E-state index contributed by atoms with van der Waals surface area (Å²) < 4.78 is 5.79. The molecule has 0 aliphatic carbocycles. The lowest BCUT2D eigenvalue weighted by Gasteiger charge is -2.17. The Bertz CT molecular complexity index is 373. The van der Waals surface area contributed by atoms with Crippen molar-refractivity contribution in [2.24, 2.45) is 0 Å². The molecule has 3 nitrogen and oxygen atoms in total.